The van der Waals surface area contributed by atoms with Crippen LogP contribution >= 0.6 is 11.3 Å². The van der Waals surface area contributed by atoms with Gasteiger partial charge in [0.15, 0.2) is 5.96 Å². The van der Waals surface area contributed by atoms with Gasteiger partial charge in [-0.05, 0) is 18.4 Å². The number of guanidine groups is 1. The van der Waals surface area contributed by atoms with Crippen molar-refractivity contribution in [2.45, 2.75) is 13.0 Å². The highest BCUT2D eigenvalue weighted by Gasteiger charge is 2.08. The van der Waals surface area contributed by atoms with Gasteiger partial charge in [-0.25, -0.2) is 8.42 Å². The molecule has 2 N–H and O–H groups in total. The van der Waals surface area contributed by atoms with Crippen molar-refractivity contribution >= 4 is 27.1 Å². The number of hydrogen-bond donors (Lipinski definition) is 2. The summed E-state index contributed by atoms with van der Waals surface area (Å²) in [5, 5.41) is 8.45. The van der Waals surface area contributed by atoms with Crippen LogP contribution in [0.5, 0.6) is 0 Å². The molecule has 8 heteroatoms. The molecular formula is C13H23N3O3S2. The van der Waals surface area contributed by atoms with E-state index in [-0.39, 0.29) is 18.4 Å². The molecule has 1 aromatic rings. The summed E-state index contributed by atoms with van der Waals surface area (Å²) in [4.78, 5) is 5.38. The summed E-state index contributed by atoms with van der Waals surface area (Å²) in [5.41, 5.74) is 0. The second-order valence-corrected chi connectivity index (χ2v) is 7.86. The Hall–Kier alpha value is -1.12. The van der Waals surface area contributed by atoms with Gasteiger partial charge in [0, 0.05) is 24.7 Å². The van der Waals surface area contributed by atoms with Gasteiger partial charge in [-0.3, -0.25) is 4.99 Å². The molecule has 0 aliphatic rings. The molecule has 0 saturated carbocycles. The van der Waals surface area contributed by atoms with Gasteiger partial charge in [0.2, 0.25) is 0 Å². The summed E-state index contributed by atoms with van der Waals surface area (Å²) in [6.45, 7) is 3.30. The molecule has 0 saturated heterocycles. The average molecular weight is 333 g/mol. The maximum absolute atomic E-state index is 10.9. The second kappa shape index (κ2) is 9.01. The molecule has 0 radical (unpaired) electrons. The van der Waals surface area contributed by atoms with Crippen molar-refractivity contribution in [2.24, 2.45) is 4.99 Å². The van der Waals surface area contributed by atoms with Crippen LogP contribution < -0.4 is 10.6 Å². The van der Waals surface area contributed by atoms with Crippen molar-refractivity contribution in [3.05, 3.63) is 22.4 Å². The Morgan fingerprint density at radius 3 is 2.81 bits per heavy atom. The fourth-order valence-corrected chi connectivity index (χ4v) is 2.72. The van der Waals surface area contributed by atoms with Crippen LogP contribution in [0.4, 0.5) is 0 Å². The third kappa shape index (κ3) is 8.03. The molecule has 0 bridgehead atoms. The summed E-state index contributed by atoms with van der Waals surface area (Å²) in [5.74, 6) is 0.748. The van der Waals surface area contributed by atoms with Gasteiger partial charge in [-0.15, -0.1) is 11.3 Å². The fourth-order valence-electron chi connectivity index (χ4n) is 1.56. The Morgan fingerprint density at radius 2 is 2.24 bits per heavy atom. The number of ether oxygens (including phenoxy) is 1. The van der Waals surface area contributed by atoms with E-state index in [2.05, 4.69) is 28.6 Å². The van der Waals surface area contributed by atoms with Crippen LogP contribution in [0, 0.1) is 0 Å². The van der Waals surface area contributed by atoms with Gasteiger partial charge >= 0.3 is 0 Å². The van der Waals surface area contributed by atoms with Crippen molar-refractivity contribution in [1.29, 1.82) is 0 Å². The predicted octanol–water partition coefficient (Wildman–Crippen LogP) is 1.04. The molecule has 0 fully saturated rings. The summed E-state index contributed by atoms with van der Waals surface area (Å²) in [6.07, 6.45) is 1.20. The van der Waals surface area contributed by atoms with Crippen LogP contribution in [0.2, 0.25) is 0 Å². The maximum Gasteiger partial charge on any atom is 0.191 e. The summed E-state index contributed by atoms with van der Waals surface area (Å²) in [6, 6.07) is 4.27. The lowest BCUT2D eigenvalue weighted by Crippen LogP contribution is -2.40. The molecule has 21 heavy (non-hydrogen) atoms. The first-order valence-corrected chi connectivity index (χ1v) is 9.62. The van der Waals surface area contributed by atoms with Crippen LogP contribution in [-0.4, -0.2) is 53.2 Å². The number of thiophene rings is 1. The highest BCUT2D eigenvalue weighted by Crippen LogP contribution is 2.17. The Labute approximate surface area is 130 Å². The van der Waals surface area contributed by atoms with E-state index in [1.807, 2.05) is 11.4 Å². The molecular weight excluding hydrogens is 310 g/mol. The highest BCUT2D eigenvalue weighted by molar-refractivity contribution is 7.90. The minimum absolute atomic E-state index is 0.0510. The van der Waals surface area contributed by atoms with Crippen LogP contribution in [-0.2, 0) is 14.6 Å². The molecule has 1 atom stereocenters. The standard InChI is InChI=1S/C13H23N3O3S2/c1-11(12-5-4-9-20-12)16-13(14-2)15-6-7-19-8-10-21(3,17)18/h4-5,9,11H,6-8,10H2,1-3H3,(H2,14,15,16). The quantitative estimate of drug-likeness (QED) is 0.422. The van der Waals surface area contributed by atoms with Crippen molar-refractivity contribution in [3.63, 3.8) is 0 Å². The van der Waals surface area contributed by atoms with E-state index in [1.54, 1.807) is 18.4 Å². The fraction of sp³-hybridized carbons (Fsp3) is 0.615. The Kier molecular flexibility index (Phi) is 7.69. The molecule has 1 unspecified atom stereocenters. The normalized spacial score (nSPS) is 14.0. The maximum atomic E-state index is 10.9. The van der Waals surface area contributed by atoms with E-state index in [9.17, 15) is 8.42 Å². The van der Waals surface area contributed by atoms with E-state index in [4.69, 9.17) is 4.74 Å². The zero-order valence-electron chi connectivity index (χ0n) is 12.6. The van der Waals surface area contributed by atoms with Gasteiger partial charge in [0.05, 0.1) is 25.0 Å². The summed E-state index contributed by atoms with van der Waals surface area (Å²) in [7, 11) is -1.24. The lowest BCUT2D eigenvalue weighted by molar-refractivity contribution is 0.154. The monoisotopic (exact) mass is 333 g/mol. The first-order valence-electron chi connectivity index (χ1n) is 6.68. The molecule has 1 heterocycles. The molecule has 1 aromatic heterocycles. The molecule has 0 aliphatic heterocycles. The van der Waals surface area contributed by atoms with Gasteiger partial charge in [-0.2, -0.15) is 0 Å². The molecule has 1 rings (SSSR count). The van der Waals surface area contributed by atoms with Crippen LogP contribution in [0.25, 0.3) is 0 Å². The lowest BCUT2D eigenvalue weighted by atomic mass is 10.3. The van der Waals surface area contributed by atoms with Crippen LogP contribution in [0.15, 0.2) is 22.5 Å². The average Bonchev–Trinajstić information content (AvgIpc) is 2.94. The third-order valence-electron chi connectivity index (χ3n) is 2.68. The zero-order chi connectivity index (χ0) is 15.7. The number of sulfone groups is 1. The largest absolute Gasteiger partial charge is 0.379 e. The van der Waals surface area contributed by atoms with Crippen molar-refractivity contribution in [1.82, 2.24) is 10.6 Å². The minimum atomic E-state index is -2.95. The van der Waals surface area contributed by atoms with Gasteiger partial charge in [-0.1, -0.05) is 6.07 Å². The smallest absolute Gasteiger partial charge is 0.191 e. The van der Waals surface area contributed by atoms with Crippen molar-refractivity contribution in [3.8, 4) is 0 Å². The number of nitrogens with zero attached hydrogens (tertiary/aromatic N) is 1. The molecule has 6 nitrogen and oxygen atoms in total. The molecule has 0 aliphatic carbocycles. The van der Waals surface area contributed by atoms with Gasteiger partial charge < -0.3 is 15.4 Å². The van der Waals surface area contributed by atoms with E-state index in [0.29, 0.717) is 19.1 Å². The van der Waals surface area contributed by atoms with Crippen LogP contribution in [0.3, 0.4) is 0 Å². The molecule has 0 amide bonds. The first-order chi connectivity index (χ1) is 9.92. The Bertz CT molecular complexity index is 527. The second-order valence-electron chi connectivity index (χ2n) is 4.62. The topological polar surface area (TPSA) is 79.8 Å². The van der Waals surface area contributed by atoms with E-state index >= 15 is 0 Å². The van der Waals surface area contributed by atoms with Gasteiger partial charge in [0.1, 0.15) is 9.84 Å². The zero-order valence-corrected chi connectivity index (χ0v) is 14.3. The first kappa shape index (κ1) is 17.9. The van der Waals surface area contributed by atoms with E-state index in [1.165, 1.54) is 11.1 Å². The highest BCUT2D eigenvalue weighted by atomic mass is 32.2. The molecule has 0 aromatic carbocycles. The minimum Gasteiger partial charge on any atom is -0.379 e. The van der Waals surface area contributed by atoms with Gasteiger partial charge in [0.25, 0.3) is 0 Å². The van der Waals surface area contributed by atoms with Crippen molar-refractivity contribution < 1.29 is 13.2 Å². The molecule has 0 spiro atoms. The third-order valence-corrected chi connectivity index (χ3v) is 4.65. The summed E-state index contributed by atoms with van der Waals surface area (Å²) < 4.78 is 27.1. The summed E-state index contributed by atoms with van der Waals surface area (Å²) >= 11 is 1.69. The van der Waals surface area contributed by atoms with E-state index in [0.717, 1.165) is 0 Å². The Balaban J connectivity index is 2.20. The van der Waals surface area contributed by atoms with E-state index < -0.39 is 9.84 Å². The lowest BCUT2D eigenvalue weighted by Gasteiger charge is -2.16. The molecule has 120 valence electrons. The van der Waals surface area contributed by atoms with Crippen molar-refractivity contribution in [2.75, 3.05) is 38.8 Å². The predicted molar refractivity (Wildman–Crippen MR) is 87.8 cm³/mol. The Morgan fingerprint density at radius 1 is 1.48 bits per heavy atom. The number of nitrogens with one attached hydrogen (secondary N) is 2. The number of aliphatic imine (C=N–C) groups is 1. The number of hydrogen-bond acceptors (Lipinski definition) is 5. The SMILES string of the molecule is CN=C(NCCOCCS(C)(=O)=O)NC(C)c1cccs1. The van der Waals surface area contributed by atoms with Crippen LogP contribution in [0.1, 0.15) is 17.8 Å². The number of rotatable bonds is 8.